The Bertz CT molecular complexity index is 413. The number of nitrogens with zero attached hydrogens (tertiary/aromatic N) is 1. The van der Waals surface area contributed by atoms with Gasteiger partial charge in [0.2, 0.25) is 0 Å². The first kappa shape index (κ1) is 11.9. The number of morpholine rings is 1. The van der Waals surface area contributed by atoms with Crippen LogP contribution >= 0.6 is 0 Å². The van der Waals surface area contributed by atoms with Crippen LogP contribution in [-0.4, -0.2) is 62.8 Å². The van der Waals surface area contributed by atoms with Crippen LogP contribution in [0.3, 0.4) is 0 Å². The largest absolute Gasteiger partial charge is 0.370 e. The zero-order valence-corrected chi connectivity index (χ0v) is 11.3. The summed E-state index contributed by atoms with van der Waals surface area (Å²) in [7, 11) is -0.539. The van der Waals surface area contributed by atoms with Crippen molar-refractivity contribution in [3.63, 3.8) is 0 Å². The zero-order chi connectivity index (χ0) is 12.1. The van der Waals surface area contributed by atoms with E-state index in [1.165, 1.54) is 6.42 Å². The van der Waals surface area contributed by atoms with Crippen molar-refractivity contribution in [2.24, 2.45) is 0 Å². The van der Waals surface area contributed by atoms with E-state index in [4.69, 9.17) is 4.74 Å². The third kappa shape index (κ3) is 1.52. The number of fused-ring (bicyclic) bond motifs is 1. The molecule has 3 fully saturated rings. The van der Waals surface area contributed by atoms with E-state index < -0.39 is 9.84 Å². The van der Waals surface area contributed by atoms with E-state index in [1.807, 2.05) is 0 Å². The molecule has 4 nitrogen and oxygen atoms in total. The highest BCUT2D eigenvalue weighted by atomic mass is 32.2. The summed E-state index contributed by atoms with van der Waals surface area (Å²) < 4.78 is 30.4. The second-order valence-corrected chi connectivity index (χ2v) is 8.28. The van der Waals surface area contributed by atoms with E-state index >= 15 is 0 Å². The first-order chi connectivity index (χ1) is 8.00. The molecule has 3 rings (SSSR count). The summed E-state index contributed by atoms with van der Waals surface area (Å²) in [5, 5.41) is -0.0631. The van der Waals surface area contributed by atoms with Gasteiger partial charge < -0.3 is 9.22 Å². The van der Waals surface area contributed by atoms with E-state index in [0.29, 0.717) is 5.75 Å². The minimum Gasteiger partial charge on any atom is -0.370 e. The van der Waals surface area contributed by atoms with Crippen molar-refractivity contribution < 1.29 is 17.6 Å². The van der Waals surface area contributed by atoms with Gasteiger partial charge in [-0.2, -0.15) is 0 Å². The van der Waals surface area contributed by atoms with Gasteiger partial charge in [-0.25, -0.2) is 8.42 Å². The van der Waals surface area contributed by atoms with Gasteiger partial charge in [0.05, 0.1) is 20.3 Å². The maximum atomic E-state index is 12.0. The monoisotopic (exact) mass is 260 g/mol. The Kier molecular flexibility index (Phi) is 2.58. The number of sulfone groups is 1. The highest BCUT2D eigenvalue weighted by molar-refractivity contribution is 7.93. The number of hydrogen-bond acceptors (Lipinski definition) is 3. The Morgan fingerprint density at radius 3 is 2.59 bits per heavy atom. The minimum absolute atomic E-state index is 0.0286. The van der Waals surface area contributed by atoms with E-state index in [1.54, 1.807) is 0 Å². The fraction of sp³-hybridized carbons (Fsp3) is 1.00. The first-order valence-corrected chi connectivity index (χ1v) is 8.36. The number of rotatable bonds is 1. The van der Waals surface area contributed by atoms with Crippen LogP contribution in [0.2, 0.25) is 0 Å². The highest BCUT2D eigenvalue weighted by Crippen LogP contribution is 2.50. The molecule has 0 bridgehead atoms. The molecular weight excluding hydrogens is 238 g/mol. The topological polar surface area (TPSA) is 43.4 Å². The summed E-state index contributed by atoms with van der Waals surface area (Å²) in [4.78, 5) is 0. The van der Waals surface area contributed by atoms with Crippen LogP contribution in [-0.2, 0) is 14.6 Å². The van der Waals surface area contributed by atoms with Gasteiger partial charge in [-0.1, -0.05) is 6.42 Å². The average Bonchev–Trinajstić information content (AvgIpc) is 2.28. The van der Waals surface area contributed by atoms with Crippen molar-refractivity contribution in [1.29, 1.82) is 0 Å². The van der Waals surface area contributed by atoms with Crippen LogP contribution in [0.5, 0.6) is 0 Å². The van der Waals surface area contributed by atoms with Crippen molar-refractivity contribution in [2.45, 2.75) is 36.5 Å². The molecule has 0 spiro atoms. The predicted molar refractivity (Wildman–Crippen MR) is 65.5 cm³/mol. The predicted octanol–water partition coefficient (Wildman–Crippen LogP) is 0.573. The lowest BCUT2D eigenvalue weighted by molar-refractivity contribution is -0.965. The summed E-state index contributed by atoms with van der Waals surface area (Å²) in [5.41, 5.74) is 0.0286. The van der Waals surface area contributed by atoms with Crippen molar-refractivity contribution >= 4 is 9.84 Å². The van der Waals surface area contributed by atoms with Crippen LogP contribution in [0.4, 0.5) is 0 Å². The lowest BCUT2D eigenvalue weighted by Crippen LogP contribution is -2.80. The van der Waals surface area contributed by atoms with Crippen molar-refractivity contribution in [3.8, 4) is 0 Å². The molecule has 1 saturated carbocycles. The van der Waals surface area contributed by atoms with Crippen molar-refractivity contribution in [1.82, 2.24) is 0 Å². The summed E-state index contributed by atoms with van der Waals surface area (Å²) in [6, 6.07) is 0. The lowest BCUT2D eigenvalue weighted by atomic mass is 9.78. The molecule has 2 unspecified atom stereocenters. The Morgan fingerprint density at radius 2 is 1.94 bits per heavy atom. The van der Waals surface area contributed by atoms with Gasteiger partial charge in [0.25, 0.3) is 0 Å². The number of ether oxygens (including phenoxy) is 1. The number of likely N-dealkylation sites (N-methyl/N-ethyl adjacent to an activating group) is 1. The van der Waals surface area contributed by atoms with Crippen molar-refractivity contribution in [3.05, 3.63) is 0 Å². The third-order valence-corrected chi connectivity index (χ3v) is 7.79. The van der Waals surface area contributed by atoms with Gasteiger partial charge in [-0.15, -0.1) is 0 Å². The molecule has 0 radical (unpaired) electrons. The molecule has 0 N–H and O–H groups in total. The summed E-state index contributed by atoms with van der Waals surface area (Å²) in [6.07, 6.45) is 4.26. The van der Waals surface area contributed by atoms with Gasteiger partial charge in [0, 0.05) is 6.42 Å². The fourth-order valence-corrected chi connectivity index (χ4v) is 7.09. The molecular formula is C12H22NO3S+. The zero-order valence-electron chi connectivity index (χ0n) is 10.5. The highest BCUT2D eigenvalue weighted by Gasteiger charge is 2.68. The van der Waals surface area contributed by atoms with Gasteiger partial charge in [-0.3, -0.25) is 0 Å². The SMILES string of the molecule is C[N+]1(C23CCCCC2S(=O)(=O)C3)CCOCC1. The van der Waals surface area contributed by atoms with Crippen LogP contribution in [0.15, 0.2) is 0 Å². The van der Waals surface area contributed by atoms with Gasteiger partial charge in [0.15, 0.2) is 9.84 Å². The average molecular weight is 260 g/mol. The smallest absolute Gasteiger partial charge is 0.165 e. The molecule has 2 aliphatic heterocycles. The second kappa shape index (κ2) is 3.68. The van der Waals surface area contributed by atoms with Crippen LogP contribution in [0.25, 0.3) is 0 Å². The van der Waals surface area contributed by atoms with Crippen LogP contribution < -0.4 is 0 Å². The minimum atomic E-state index is -2.78. The van der Waals surface area contributed by atoms with Gasteiger partial charge in [0.1, 0.15) is 29.6 Å². The maximum Gasteiger partial charge on any atom is 0.165 e. The Balaban J connectivity index is 1.94. The number of quaternary nitrogens is 1. The van der Waals surface area contributed by atoms with E-state index in [9.17, 15) is 8.42 Å². The number of hydrogen-bond donors (Lipinski definition) is 0. The molecule has 17 heavy (non-hydrogen) atoms. The molecule has 2 saturated heterocycles. The van der Waals surface area contributed by atoms with Crippen LogP contribution in [0, 0.1) is 0 Å². The van der Waals surface area contributed by atoms with E-state index in [2.05, 4.69) is 7.05 Å². The molecule has 2 atom stereocenters. The van der Waals surface area contributed by atoms with Crippen LogP contribution in [0.1, 0.15) is 25.7 Å². The first-order valence-electron chi connectivity index (χ1n) is 6.64. The molecule has 5 heteroatoms. The maximum absolute atomic E-state index is 12.0. The fourth-order valence-electron chi connectivity index (χ4n) is 4.18. The summed E-state index contributed by atoms with van der Waals surface area (Å²) >= 11 is 0. The Labute approximate surface area is 103 Å². The molecule has 2 heterocycles. The molecule has 3 aliphatic rings. The van der Waals surface area contributed by atoms with E-state index in [-0.39, 0.29) is 10.8 Å². The molecule has 0 aromatic heterocycles. The lowest BCUT2D eigenvalue weighted by Gasteiger charge is -2.61. The molecule has 0 aromatic carbocycles. The van der Waals surface area contributed by atoms with E-state index in [0.717, 1.165) is 50.0 Å². The molecule has 1 aliphatic carbocycles. The summed E-state index contributed by atoms with van der Waals surface area (Å²) in [6.45, 7) is 3.52. The summed E-state index contributed by atoms with van der Waals surface area (Å²) in [5.74, 6) is 0.418. The molecule has 0 aromatic rings. The second-order valence-electron chi connectivity index (χ2n) is 6.10. The van der Waals surface area contributed by atoms with Gasteiger partial charge in [-0.05, 0) is 12.8 Å². The Hall–Kier alpha value is -0.130. The third-order valence-electron chi connectivity index (χ3n) is 5.34. The Morgan fingerprint density at radius 1 is 1.24 bits per heavy atom. The van der Waals surface area contributed by atoms with Crippen molar-refractivity contribution in [2.75, 3.05) is 39.1 Å². The quantitative estimate of drug-likeness (QED) is 0.648. The normalized spacial score (nSPS) is 43.5. The van der Waals surface area contributed by atoms with Gasteiger partial charge >= 0.3 is 0 Å². The standard InChI is InChI=1S/C12H22NO3S/c1-13(6-8-16-9-7-13)12-5-3-2-4-11(12)17(14,15)10-12/h11H,2-10H2,1H3/q+1. The molecule has 98 valence electrons. The molecule has 0 amide bonds.